The fourth-order valence-electron chi connectivity index (χ4n) is 7.55. The average molecular weight is 958 g/mol. The SMILES string of the molecule is CC/C=C\C/C=C\C/C=C\C/C=C\C/C=C\CCCC(=O)OC(COC(=O)CCCCC/C=C\C/C=C\C/C=C\CC)COC(=O)CCCCCCCCCCC/C=C\CCCCCCCCCC. The number of hydrogen-bond donors (Lipinski definition) is 0. The van der Waals surface area contributed by atoms with Gasteiger partial charge in [0, 0.05) is 19.3 Å². The first-order chi connectivity index (χ1) is 34.0. The molecular formula is C63H104O6. The van der Waals surface area contributed by atoms with Crippen LogP contribution in [0.15, 0.2) is 109 Å². The highest BCUT2D eigenvalue weighted by atomic mass is 16.6. The van der Waals surface area contributed by atoms with Crippen LogP contribution in [0.4, 0.5) is 0 Å². The Morgan fingerprint density at radius 2 is 0.580 bits per heavy atom. The third-order valence-electron chi connectivity index (χ3n) is 11.7. The van der Waals surface area contributed by atoms with Crippen molar-refractivity contribution in [1.29, 1.82) is 0 Å². The van der Waals surface area contributed by atoms with E-state index in [1.807, 2.05) is 0 Å². The molecule has 1 atom stereocenters. The first kappa shape index (κ1) is 65.1. The Kier molecular flexibility index (Phi) is 53.4. The Morgan fingerprint density at radius 1 is 0.304 bits per heavy atom. The second kappa shape index (κ2) is 56.7. The van der Waals surface area contributed by atoms with Gasteiger partial charge in [-0.2, -0.15) is 0 Å². The van der Waals surface area contributed by atoms with E-state index in [4.69, 9.17) is 14.2 Å². The molecule has 0 fully saturated rings. The summed E-state index contributed by atoms with van der Waals surface area (Å²) >= 11 is 0. The molecule has 6 nitrogen and oxygen atoms in total. The van der Waals surface area contributed by atoms with E-state index in [1.165, 1.54) is 103 Å². The van der Waals surface area contributed by atoms with Gasteiger partial charge in [-0.1, -0.05) is 226 Å². The van der Waals surface area contributed by atoms with Crippen LogP contribution in [0.3, 0.4) is 0 Å². The average Bonchev–Trinajstić information content (AvgIpc) is 3.35. The Morgan fingerprint density at radius 3 is 0.957 bits per heavy atom. The van der Waals surface area contributed by atoms with Crippen molar-refractivity contribution < 1.29 is 28.6 Å². The Balaban J connectivity index is 4.46. The van der Waals surface area contributed by atoms with Gasteiger partial charge in [-0.3, -0.25) is 14.4 Å². The van der Waals surface area contributed by atoms with Crippen molar-refractivity contribution in [3.05, 3.63) is 109 Å². The molecule has 0 saturated heterocycles. The van der Waals surface area contributed by atoms with Gasteiger partial charge in [0.05, 0.1) is 0 Å². The number of ether oxygens (including phenoxy) is 3. The third kappa shape index (κ3) is 54.9. The predicted octanol–water partition coefficient (Wildman–Crippen LogP) is 19.1. The summed E-state index contributed by atoms with van der Waals surface area (Å²) in [4.78, 5) is 38.1. The van der Waals surface area contributed by atoms with Crippen molar-refractivity contribution in [2.45, 2.75) is 258 Å². The maximum Gasteiger partial charge on any atom is 0.306 e. The van der Waals surface area contributed by atoms with Crippen LogP contribution in [0.1, 0.15) is 252 Å². The molecule has 0 aliphatic rings. The highest BCUT2D eigenvalue weighted by Crippen LogP contribution is 2.14. The van der Waals surface area contributed by atoms with E-state index >= 15 is 0 Å². The maximum absolute atomic E-state index is 12.8. The summed E-state index contributed by atoms with van der Waals surface area (Å²) in [6.07, 6.45) is 76.6. The third-order valence-corrected chi connectivity index (χ3v) is 11.7. The molecular weight excluding hydrogens is 853 g/mol. The summed E-state index contributed by atoms with van der Waals surface area (Å²) in [7, 11) is 0. The highest BCUT2D eigenvalue weighted by Gasteiger charge is 2.19. The minimum atomic E-state index is -0.823. The molecule has 1 unspecified atom stereocenters. The van der Waals surface area contributed by atoms with Gasteiger partial charge in [-0.15, -0.1) is 0 Å². The summed E-state index contributed by atoms with van der Waals surface area (Å²) in [5.41, 5.74) is 0. The van der Waals surface area contributed by atoms with Crippen LogP contribution in [0, 0.1) is 0 Å². The Hall–Kier alpha value is -3.93. The summed E-state index contributed by atoms with van der Waals surface area (Å²) < 4.78 is 16.8. The molecule has 0 aliphatic carbocycles. The van der Waals surface area contributed by atoms with E-state index in [9.17, 15) is 14.4 Å². The molecule has 0 bridgehead atoms. The molecule has 0 spiro atoms. The van der Waals surface area contributed by atoms with Gasteiger partial charge in [0.2, 0.25) is 0 Å². The lowest BCUT2D eigenvalue weighted by atomic mass is 10.1. The van der Waals surface area contributed by atoms with Crippen LogP contribution in [0.5, 0.6) is 0 Å². The highest BCUT2D eigenvalue weighted by molar-refractivity contribution is 5.71. The summed E-state index contributed by atoms with van der Waals surface area (Å²) in [6.45, 7) is 6.34. The van der Waals surface area contributed by atoms with Crippen molar-refractivity contribution in [1.82, 2.24) is 0 Å². The molecule has 0 heterocycles. The topological polar surface area (TPSA) is 78.9 Å². The van der Waals surface area contributed by atoms with Gasteiger partial charge < -0.3 is 14.2 Å². The van der Waals surface area contributed by atoms with Crippen LogP contribution >= 0.6 is 0 Å². The molecule has 0 amide bonds. The van der Waals surface area contributed by atoms with E-state index in [2.05, 4.69) is 130 Å². The zero-order valence-corrected chi connectivity index (χ0v) is 44.8. The Bertz CT molecular complexity index is 1420. The molecule has 0 rings (SSSR count). The molecule has 0 aliphatic heterocycles. The molecule has 0 radical (unpaired) electrons. The number of hydrogen-bond acceptors (Lipinski definition) is 6. The molecule has 69 heavy (non-hydrogen) atoms. The second-order valence-electron chi connectivity index (χ2n) is 18.4. The molecule has 392 valence electrons. The zero-order chi connectivity index (χ0) is 50.0. The Labute approximate surface area is 425 Å². The standard InChI is InChI=1S/C63H104O6/c1-4-7-10-13-16-19-22-25-27-29-30-31-32-34-35-38-41-44-47-50-53-56-62(65)68-59-60(58-67-61(64)55-52-49-46-43-40-37-24-21-18-15-12-9-6-3)69-63(66)57-54-51-48-45-42-39-36-33-28-26-23-20-17-14-11-8-5-2/h8-9,11-12,17-18,20-21,26,28-30,36-37,39-40,45,48,60H,4-7,10,13-16,19,22-25,27,31-35,38,41-44,46-47,49-59H2,1-3H3/b11-8-,12-9-,20-17-,21-18-,28-26-,30-29-,39-36-,40-37-,48-45-. The van der Waals surface area contributed by atoms with E-state index < -0.39 is 6.10 Å². The fraction of sp³-hybridized carbons (Fsp3) is 0.667. The molecule has 6 heteroatoms. The van der Waals surface area contributed by atoms with Crippen LogP contribution in [-0.2, 0) is 28.6 Å². The predicted molar refractivity (Wildman–Crippen MR) is 297 cm³/mol. The zero-order valence-electron chi connectivity index (χ0n) is 44.8. The van der Waals surface area contributed by atoms with Gasteiger partial charge in [0.25, 0.3) is 0 Å². The normalized spacial score (nSPS) is 12.9. The van der Waals surface area contributed by atoms with E-state index in [1.54, 1.807) is 0 Å². The molecule has 0 aromatic carbocycles. The lowest BCUT2D eigenvalue weighted by molar-refractivity contribution is -0.167. The van der Waals surface area contributed by atoms with Crippen LogP contribution in [0.25, 0.3) is 0 Å². The van der Waals surface area contributed by atoms with Crippen LogP contribution < -0.4 is 0 Å². The first-order valence-corrected chi connectivity index (χ1v) is 28.4. The van der Waals surface area contributed by atoms with Crippen molar-refractivity contribution in [2.24, 2.45) is 0 Å². The van der Waals surface area contributed by atoms with Gasteiger partial charge in [-0.05, 0) is 116 Å². The van der Waals surface area contributed by atoms with Gasteiger partial charge in [-0.25, -0.2) is 0 Å². The first-order valence-electron chi connectivity index (χ1n) is 28.4. The van der Waals surface area contributed by atoms with E-state index in [-0.39, 0.29) is 37.5 Å². The van der Waals surface area contributed by atoms with Crippen LogP contribution in [0.2, 0.25) is 0 Å². The fourth-order valence-corrected chi connectivity index (χ4v) is 7.55. The monoisotopic (exact) mass is 957 g/mol. The molecule has 0 aromatic heterocycles. The summed E-state index contributed by atoms with van der Waals surface area (Å²) in [5.74, 6) is -1.00. The second-order valence-corrected chi connectivity index (χ2v) is 18.4. The number of carbonyl (C=O) groups is 3. The number of carbonyl (C=O) groups excluding carboxylic acids is 3. The minimum absolute atomic E-state index is 0.112. The number of allylic oxidation sites excluding steroid dienone is 18. The van der Waals surface area contributed by atoms with Crippen molar-refractivity contribution in [3.8, 4) is 0 Å². The van der Waals surface area contributed by atoms with Crippen molar-refractivity contribution >= 4 is 17.9 Å². The van der Waals surface area contributed by atoms with Gasteiger partial charge in [0.1, 0.15) is 13.2 Å². The van der Waals surface area contributed by atoms with E-state index in [0.29, 0.717) is 19.3 Å². The van der Waals surface area contributed by atoms with Crippen molar-refractivity contribution in [2.75, 3.05) is 13.2 Å². The number of unbranched alkanes of at least 4 members (excludes halogenated alkanes) is 21. The lowest BCUT2D eigenvalue weighted by Gasteiger charge is -2.18. The van der Waals surface area contributed by atoms with Crippen LogP contribution in [-0.4, -0.2) is 37.2 Å². The smallest absolute Gasteiger partial charge is 0.306 e. The largest absolute Gasteiger partial charge is 0.462 e. The molecule has 0 aromatic rings. The quantitative estimate of drug-likeness (QED) is 0.0262. The molecule has 0 saturated carbocycles. The maximum atomic E-state index is 12.8. The molecule has 0 N–H and O–H groups in total. The van der Waals surface area contributed by atoms with Gasteiger partial charge in [0.15, 0.2) is 6.10 Å². The lowest BCUT2D eigenvalue weighted by Crippen LogP contribution is -2.30. The van der Waals surface area contributed by atoms with Crippen molar-refractivity contribution in [3.63, 3.8) is 0 Å². The summed E-state index contributed by atoms with van der Waals surface area (Å²) in [5, 5.41) is 0. The van der Waals surface area contributed by atoms with E-state index in [0.717, 1.165) is 103 Å². The number of esters is 3. The minimum Gasteiger partial charge on any atom is -0.462 e. The number of rotatable bonds is 50. The van der Waals surface area contributed by atoms with Gasteiger partial charge >= 0.3 is 17.9 Å². The summed E-state index contributed by atoms with van der Waals surface area (Å²) in [6, 6.07) is 0.